The van der Waals surface area contributed by atoms with Crippen molar-refractivity contribution in [2.24, 2.45) is 0 Å². The third kappa shape index (κ3) is 2.59. The Bertz CT molecular complexity index is 758. The molecule has 6 nitrogen and oxygen atoms in total. The standard InChI is InChI=1S/C16H17N3O3/c1-10-13(16(21)19-6-5-17-15(20)9-19)7-11-3-4-12(22-2)8-14(11)18-10/h3-4,7-8H,5-6,9H2,1-2H3,(H,17,20). The summed E-state index contributed by atoms with van der Waals surface area (Å²) >= 11 is 0. The Morgan fingerprint density at radius 2 is 2.18 bits per heavy atom. The summed E-state index contributed by atoms with van der Waals surface area (Å²) in [5.74, 6) is 0.444. The summed E-state index contributed by atoms with van der Waals surface area (Å²) in [6.07, 6.45) is 0. The molecular formula is C16H17N3O3. The molecule has 0 atom stereocenters. The van der Waals surface area contributed by atoms with Crippen molar-refractivity contribution in [3.63, 3.8) is 0 Å². The smallest absolute Gasteiger partial charge is 0.256 e. The normalized spacial score (nSPS) is 14.8. The molecule has 1 aliphatic rings. The predicted molar refractivity (Wildman–Crippen MR) is 81.9 cm³/mol. The van der Waals surface area contributed by atoms with Crippen LogP contribution in [0.15, 0.2) is 24.3 Å². The number of aryl methyl sites for hydroxylation is 1. The van der Waals surface area contributed by atoms with E-state index in [-0.39, 0.29) is 18.4 Å². The van der Waals surface area contributed by atoms with Crippen molar-refractivity contribution in [2.75, 3.05) is 26.7 Å². The van der Waals surface area contributed by atoms with Gasteiger partial charge in [-0.1, -0.05) is 0 Å². The molecule has 1 N–H and O–H groups in total. The highest BCUT2D eigenvalue weighted by Crippen LogP contribution is 2.22. The number of pyridine rings is 1. The second-order valence-electron chi connectivity index (χ2n) is 5.26. The number of ether oxygens (including phenoxy) is 1. The largest absolute Gasteiger partial charge is 0.497 e. The molecule has 1 aliphatic heterocycles. The maximum absolute atomic E-state index is 12.6. The Morgan fingerprint density at radius 3 is 2.91 bits per heavy atom. The number of carbonyl (C=O) groups is 2. The van der Waals surface area contributed by atoms with E-state index in [1.54, 1.807) is 18.9 Å². The van der Waals surface area contributed by atoms with Crippen molar-refractivity contribution in [1.82, 2.24) is 15.2 Å². The van der Waals surface area contributed by atoms with Crippen LogP contribution in [0.25, 0.3) is 10.9 Å². The average molecular weight is 299 g/mol. The van der Waals surface area contributed by atoms with Crippen LogP contribution in [0.5, 0.6) is 5.75 Å². The van der Waals surface area contributed by atoms with Crippen LogP contribution in [0.3, 0.4) is 0 Å². The monoisotopic (exact) mass is 299 g/mol. The number of hydrogen-bond donors (Lipinski definition) is 1. The third-order valence-electron chi connectivity index (χ3n) is 3.77. The lowest BCUT2D eigenvalue weighted by Crippen LogP contribution is -2.50. The number of rotatable bonds is 2. The van der Waals surface area contributed by atoms with Gasteiger partial charge in [0.05, 0.1) is 30.4 Å². The van der Waals surface area contributed by atoms with Gasteiger partial charge in [-0.05, 0) is 25.1 Å². The topological polar surface area (TPSA) is 71.5 Å². The zero-order valence-electron chi connectivity index (χ0n) is 12.5. The maximum Gasteiger partial charge on any atom is 0.256 e. The molecule has 2 amide bonds. The Hall–Kier alpha value is -2.63. The van der Waals surface area contributed by atoms with Gasteiger partial charge >= 0.3 is 0 Å². The van der Waals surface area contributed by atoms with Crippen LogP contribution >= 0.6 is 0 Å². The lowest BCUT2D eigenvalue weighted by molar-refractivity contribution is -0.123. The molecule has 2 aromatic rings. The first-order chi connectivity index (χ1) is 10.6. The Morgan fingerprint density at radius 1 is 1.36 bits per heavy atom. The van der Waals surface area contributed by atoms with E-state index in [1.165, 1.54) is 0 Å². The number of amides is 2. The van der Waals surface area contributed by atoms with Crippen molar-refractivity contribution >= 4 is 22.7 Å². The molecule has 1 fully saturated rings. The molecular weight excluding hydrogens is 282 g/mol. The minimum absolute atomic E-state index is 0.0962. The van der Waals surface area contributed by atoms with Crippen molar-refractivity contribution in [3.05, 3.63) is 35.5 Å². The number of methoxy groups -OCH3 is 1. The second kappa shape index (κ2) is 5.63. The van der Waals surface area contributed by atoms with Gasteiger partial charge in [0.1, 0.15) is 5.75 Å². The molecule has 0 saturated carbocycles. The van der Waals surface area contributed by atoms with E-state index in [0.29, 0.717) is 24.3 Å². The molecule has 0 bridgehead atoms. The first-order valence-electron chi connectivity index (χ1n) is 7.10. The van der Waals surface area contributed by atoms with Gasteiger partial charge in [-0.25, -0.2) is 0 Å². The summed E-state index contributed by atoms with van der Waals surface area (Å²) in [5, 5.41) is 3.58. The average Bonchev–Trinajstić information content (AvgIpc) is 2.53. The fourth-order valence-electron chi connectivity index (χ4n) is 2.57. The fraction of sp³-hybridized carbons (Fsp3) is 0.312. The van der Waals surface area contributed by atoms with Crippen molar-refractivity contribution in [1.29, 1.82) is 0 Å². The summed E-state index contributed by atoms with van der Waals surface area (Å²) in [6.45, 7) is 2.90. The number of hydrogen-bond acceptors (Lipinski definition) is 4. The van der Waals surface area contributed by atoms with Crippen LogP contribution in [0.1, 0.15) is 16.1 Å². The summed E-state index contributed by atoms with van der Waals surface area (Å²) in [7, 11) is 1.60. The fourth-order valence-corrected chi connectivity index (χ4v) is 2.57. The highest BCUT2D eigenvalue weighted by molar-refractivity contribution is 6.00. The molecule has 1 aromatic carbocycles. The zero-order chi connectivity index (χ0) is 15.7. The van der Waals surface area contributed by atoms with E-state index < -0.39 is 0 Å². The quantitative estimate of drug-likeness (QED) is 0.902. The molecule has 2 heterocycles. The number of nitrogens with zero attached hydrogens (tertiary/aromatic N) is 2. The van der Waals surface area contributed by atoms with Gasteiger partial charge in [-0.3, -0.25) is 14.6 Å². The van der Waals surface area contributed by atoms with E-state index in [4.69, 9.17) is 4.74 Å². The summed E-state index contributed by atoms with van der Waals surface area (Å²) in [5.41, 5.74) is 1.97. The van der Waals surface area contributed by atoms with Gasteiger partial charge in [0, 0.05) is 24.5 Å². The lowest BCUT2D eigenvalue weighted by Gasteiger charge is -2.27. The van der Waals surface area contributed by atoms with E-state index in [2.05, 4.69) is 10.3 Å². The van der Waals surface area contributed by atoms with Crippen LogP contribution in [0, 0.1) is 6.92 Å². The number of fused-ring (bicyclic) bond motifs is 1. The van der Waals surface area contributed by atoms with Crippen molar-refractivity contribution in [2.45, 2.75) is 6.92 Å². The van der Waals surface area contributed by atoms with Gasteiger partial charge in [0.2, 0.25) is 5.91 Å². The first kappa shape index (κ1) is 14.3. The number of benzene rings is 1. The molecule has 1 saturated heterocycles. The highest BCUT2D eigenvalue weighted by Gasteiger charge is 2.24. The molecule has 0 spiro atoms. The highest BCUT2D eigenvalue weighted by atomic mass is 16.5. The van der Waals surface area contributed by atoms with Crippen molar-refractivity contribution in [3.8, 4) is 5.75 Å². The summed E-state index contributed by atoms with van der Waals surface area (Å²) in [4.78, 5) is 30.1. The molecule has 114 valence electrons. The molecule has 1 aromatic heterocycles. The van der Waals surface area contributed by atoms with E-state index in [1.807, 2.05) is 24.3 Å². The first-order valence-corrected chi connectivity index (χ1v) is 7.10. The Labute approximate surface area is 128 Å². The van der Waals surface area contributed by atoms with Gasteiger partial charge < -0.3 is 15.0 Å². The molecule has 6 heteroatoms. The minimum Gasteiger partial charge on any atom is -0.497 e. The minimum atomic E-state index is -0.155. The summed E-state index contributed by atoms with van der Waals surface area (Å²) in [6, 6.07) is 7.37. The summed E-state index contributed by atoms with van der Waals surface area (Å²) < 4.78 is 5.19. The van der Waals surface area contributed by atoms with Crippen LogP contribution in [-0.4, -0.2) is 48.4 Å². The van der Waals surface area contributed by atoms with Gasteiger partial charge in [-0.2, -0.15) is 0 Å². The maximum atomic E-state index is 12.6. The lowest BCUT2D eigenvalue weighted by atomic mass is 10.1. The second-order valence-corrected chi connectivity index (χ2v) is 5.26. The number of nitrogens with one attached hydrogen (secondary N) is 1. The van der Waals surface area contributed by atoms with Crippen molar-refractivity contribution < 1.29 is 14.3 Å². The molecule has 0 radical (unpaired) electrons. The predicted octanol–water partition coefficient (Wildman–Crippen LogP) is 1.12. The van der Waals surface area contributed by atoms with Crippen LogP contribution in [-0.2, 0) is 4.79 Å². The van der Waals surface area contributed by atoms with Crippen LogP contribution in [0.2, 0.25) is 0 Å². The molecule has 3 rings (SSSR count). The van der Waals surface area contributed by atoms with E-state index >= 15 is 0 Å². The van der Waals surface area contributed by atoms with Gasteiger partial charge in [0.25, 0.3) is 5.91 Å². The molecule has 22 heavy (non-hydrogen) atoms. The number of piperazine rings is 1. The van der Waals surface area contributed by atoms with E-state index in [9.17, 15) is 9.59 Å². The Balaban J connectivity index is 1.98. The van der Waals surface area contributed by atoms with Gasteiger partial charge in [0.15, 0.2) is 0 Å². The Kier molecular flexibility index (Phi) is 3.66. The third-order valence-corrected chi connectivity index (χ3v) is 3.77. The van der Waals surface area contributed by atoms with Gasteiger partial charge in [-0.15, -0.1) is 0 Å². The molecule has 0 unspecified atom stereocenters. The van der Waals surface area contributed by atoms with Crippen LogP contribution in [0.4, 0.5) is 0 Å². The van der Waals surface area contributed by atoms with E-state index in [0.717, 1.165) is 16.7 Å². The van der Waals surface area contributed by atoms with Crippen LogP contribution < -0.4 is 10.1 Å². The zero-order valence-corrected chi connectivity index (χ0v) is 12.5. The number of aromatic nitrogens is 1. The SMILES string of the molecule is COc1ccc2cc(C(=O)N3CCNC(=O)C3)c(C)nc2c1. The molecule has 0 aliphatic carbocycles. The number of carbonyl (C=O) groups excluding carboxylic acids is 2.